The molecular weight excluding hydrogens is 338 g/mol. The highest BCUT2D eigenvalue weighted by Gasteiger charge is 2.40. The SMILES string of the molecule is Cl.O=S(=O)(Cc1ccc(F)c(Cl)c1)N1C[C@H]2CNC[C@H]2C1. The Morgan fingerprint density at radius 1 is 1.29 bits per heavy atom. The molecule has 0 saturated carbocycles. The summed E-state index contributed by atoms with van der Waals surface area (Å²) in [5, 5.41) is 3.24. The molecule has 2 saturated heterocycles. The van der Waals surface area contributed by atoms with Crippen molar-refractivity contribution in [3.8, 4) is 0 Å². The number of hydrogen-bond donors (Lipinski definition) is 1. The van der Waals surface area contributed by atoms with E-state index in [1.54, 1.807) is 4.31 Å². The van der Waals surface area contributed by atoms with E-state index in [1.165, 1.54) is 18.2 Å². The van der Waals surface area contributed by atoms with Crippen molar-refractivity contribution in [2.45, 2.75) is 5.75 Å². The quantitative estimate of drug-likeness (QED) is 0.901. The zero-order valence-corrected chi connectivity index (χ0v) is 13.6. The van der Waals surface area contributed by atoms with Crippen molar-refractivity contribution in [2.24, 2.45) is 11.8 Å². The summed E-state index contributed by atoms with van der Waals surface area (Å²) in [6.45, 7) is 2.93. The van der Waals surface area contributed by atoms with E-state index in [0.29, 0.717) is 30.5 Å². The molecule has 0 radical (unpaired) electrons. The molecule has 0 spiro atoms. The molecule has 2 heterocycles. The van der Waals surface area contributed by atoms with Crippen LogP contribution >= 0.6 is 24.0 Å². The lowest BCUT2D eigenvalue weighted by Crippen LogP contribution is -2.32. The van der Waals surface area contributed by atoms with Crippen LogP contribution < -0.4 is 5.32 Å². The highest BCUT2D eigenvalue weighted by Crippen LogP contribution is 2.29. The standard InChI is InChI=1S/C13H16ClFN2O2S.ClH/c14-12-3-9(1-2-13(12)15)8-20(18,19)17-6-10-4-16-5-11(10)7-17;/h1-3,10-11,16H,4-8H2;1H/t10-,11+;. The first-order chi connectivity index (χ1) is 9.45. The number of hydrogen-bond acceptors (Lipinski definition) is 3. The van der Waals surface area contributed by atoms with E-state index >= 15 is 0 Å². The van der Waals surface area contributed by atoms with E-state index in [9.17, 15) is 12.8 Å². The van der Waals surface area contributed by atoms with Gasteiger partial charge in [-0.1, -0.05) is 17.7 Å². The first-order valence-corrected chi connectivity index (χ1v) is 8.57. The predicted molar refractivity (Wildman–Crippen MR) is 82.7 cm³/mol. The van der Waals surface area contributed by atoms with Crippen molar-refractivity contribution < 1.29 is 12.8 Å². The molecule has 0 amide bonds. The minimum Gasteiger partial charge on any atom is -0.316 e. The Kier molecular flexibility index (Phi) is 5.15. The molecule has 118 valence electrons. The summed E-state index contributed by atoms with van der Waals surface area (Å²) in [6.07, 6.45) is 0. The third kappa shape index (κ3) is 3.51. The summed E-state index contributed by atoms with van der Waals surface area (Å²) in [6, 6.07) is 4.06. The third-order valence-electron chi connectivity index (χ3n) is 4.08. The maximum atomic E-state index is 13.1. The van der Waals surface area contributed by atoms with Gasteiger partial charge in [0.2, 0.25) is 10.0 Å². The molecule has 8 heteroatoms. The second-order valence-corrected chi connectivity index (χ2v) is 7.88. The van der Waals surface area contributed by atoms with Crippen molar-refractivity contribution in [1.82, 2.24) is 9.62 Å². The summed E-state index contributed by atoms with van der Waals surface area (Å²) in [4.78, 5) is 0. The largest absolute Gasteiger partial charge is 0.316 e. The molecule has 2 aliphatic heterocycles. The fraction of sp³-hybridized carbons (Fsp3) is 0.538. The van der Waals surface area contributed by atoms with Crippen LogP contribution in [0.1, 0.15) is 5.56 Å². The molecule has 0 unspecified atom stereocenters. The molecule has 0 bridgehead atoms. The van der Waals surface area contributed by atoms with Crippen LogP contribution in [0.5, 0.6) is 0 Å². The third-order valence-corrected chi connectivity index (χ3v) is 6.16. The number of halogens is 3. The minimum atomic E-state index is -3.36. The van der Waals surface area contributed by atoms with Crippen LogP contribution in [0.4, 0.5) is 4.39 Å². The van der Waals surface area contributed by atoms with Gasteiger partial charge in [-0.25, -0.2) is 17.1 Å². The van der Waals surface area contributed by atoms with Gasteiger partial charge >= 0.3 is 0 Å². The highest BCUT2D eigenvalue weighted by molar-refractivity contribution is 7.88. The van der Waals surface area contributed by atoms with Gasteiger partial charge in [0.05, 0.1) is 10.8 Å². The Morgan fingerprint density at radius 3 is 2.48 bits per heavy atom. The molecular formula is C13H17Cl2FN2O2S. The Labute approximate surface area is 135 Å². The van der Waals surface area contributed by atoms with E-state index in [2.05, 4.69) is 5.32 Å². The number of fused-ring (bicyclic) bond motifs is 1. The minimum absolute atomic E-state index is 0. The van der Waals surface area contributed by atoms with E-state index in [-0.39, 0.29) is 23.2 Å². The van der Waals surface area contributed by atoms with Crippen LogP contribution in [0.25, 0.3) is 0 Å². The lowest BCUT2D eigenvalue weighted by molar-refractivity contribution is 0.447. The van der Waals surface area contributed by atoms with Crippen LogP contribution in [-0.4, -0.2) is 38.9 Å². The molecule has 2 fully saturated rings. The average Bonchev–Trinajstić information content (AvgIpc) is 2.94. The number of sulfonamides is 1. The van der Waals surface area contributed by atoms with Gasteiger partial charge in [-0.2, -0.15) is 0 Å². The van der Waals surface area contributed by atoms with Crippen LogP contribution in [0.2, 0.25) is 5.02 Å². The topological polar surface area (TPSA) is 49.4 Å². The van der Waals surface area contributed by atoms with Crippen LogP contribution in [0.3, 0.4) is 0 Å². The Bertz CT molecular complexity index is 615. The van der Waals surface area contributed by atoms with Crippen LogP contribution in [0.15, 0.2) is 18.2 Å². The van der Waals surface area contributed by atoms with E-state index in [4.69, 9.17) is 11.6 Å². The fourth-order valence-electron chi connectivity index (χ4n) is 2.97. The Morgan fingerprint density at radius 2 is 1.90 bits per heavy atom. The summed E-state index contributed by atoms with van der Waals surface area (Å²) in [7, 11) is -3.36. The number of nitrogens with zero attached hydrogens (tertiary/aromatic N) is 1. The molecule has 2 atom stereocenters. The van der Waals surface area contributed by atoms with Gasteiger partial charge in [-0.3, -0.25) is 0 Å². The number of benzene rings is 1. The monoisotopic (exact) mass is 354 g/mol. The Balaban J connectivity index is 0.00000161. The van der Waals surface area contributed by atoms with Gasteiger partial charge in [0.15, 0.2) is 0 Å². The lowest BCUT2D eigenvalue weighted by atomic mass is 10.0. The predicted octanol–water partition coefficient (Wildman–Crippen LogP) is 1.88. The van der Waals surface area contributed by atoms with Gasteiger partial charge in [-0.05, 0) is 42.6 Å². The molecule has 2 aliphatic rings. The first kappa shape index (κ1) is 17.0. The van der Waals surface area contributed by atoms with Crippen molar-refractivity contribution >= 4 is 34.0 Å². The molecule has 1 aromatic carbocycles. The summed E-state index contributed by atoms with van der Waals surface area (Å²) < 4.78 is 39.4. The molecule has 0 aliphatic carbocycles. The van der Waals surface area contributed by atoms with Gasteiger partial charge < -0.3 is 5.32 Å². The normalized spacial score (nSPS) is 25.6. The molecule has 1 N–H and O–H groups in total. The van der Waals surface area contributed by atoms with E-state index in [1.807, 2.05) is 0 Å². The van der Waals surface area contributed by atoms with Crippen molar-refractivity contribution in [3.05, 3.63) is 34.6 Å². The van der Waals surface area contributed by atoms with Gasteiger partial charge in [0, 0.05) is 13.1 Å². The lowest BCUT2D eigenvalue weighted by Gasteiger charge is -2.17. The van der Waals surface area contributed by atoms with E-state index in [0.717, 1.165) is 13.1 Å². The second-order valence-electron chi connectivity index (χ2n) is 5.50. The number of nitrogens with one attached hydrogen (secondary N) is 1. The molecule has 1 aromatic rings. The van der Waals surface area contributed by atoms with Crippen LogP contribution in [0, 0.1) is 17.7 Å². The maximum absolute atomic E-state index is 13.1. The maximum Gasteiger partial charge on any atom is 0.218 e. The smallest absolute Gasteiger partial charge is 0.218 e. The van der Waals surface area contributed by atoms with Crippen molar-refractivity contribution in [2.75, 3.05) is 26.2 Å². The molecule has 4 nitrogen and oxygen atoms in total. The van der Waals surface area contributed by atoms with E-state index < -0.39 is 15.8 Å². The zero-order valence-electron chi connectivity index (χ0n) is 11.3. The van der Waals surface area contributed by atoms with Gasteiger partial charge in [-0.15, -0.1) is 12.4 Å². The molecule has 21 heavy (non-hydrogen) atoms. The van der Waals surface area contributed by atoms with Crippen LogP contribution in [-0.2, 0) is 15.8 Å². The zero-order chi connectivity index (χ0) is 14.3. The molecule has 0 aromatic heterocycles. The second kappa shape index (κ2) is 6.38. The van der Waals surface area contributed by atoms with Crippen molar-refractivity contribution in [1.29, 1.82) is 0 Å². The summed E-state index contributed by atoms with van der Waals surface area (Å²) in [5.74, 6) is 0.178. The summed E-state index contributed by atoms with van der Waals surface area (Å²) in [5.41, 5.74) is 0.520. The Hall–Kier alpha value is -0.400. The van der Waals surface area contributed by atoms with Gasteiger partial charge in [0.1, 0.15) is 5.82 Å². The molecule has 3 rings (SSSR count). The van der Waals surface area contributed by atoms with Crippen molar-refractivity contribution in [3.63, 3.8) is 0 Å². The van der Waals surface area contributed by atoms with Gasteiger partial charge in [0.25, 0.3) is 0 Å². The fourth-order valence-corrected chi connectivity index (χ4v) is 4.79. The number of rotatable bonds is 3. The average molecular weight is 355 g/mol. The summed E-state index contributed by atoms with van der Waals surface area (Å²) >= 11 is 5.69. The highest BCUT2D eigenvalue weighted by atomic mass is 35.5. The first-order valence-electron chi connectivity index (χ1n) is 6.58.